The molecular weight excluding hydrogens is 442 g/mol. The van der Waals surface area contributed by atoms with Crippen LogP contribution in [0.3, 0.4) is 0 Å². The first-order chi connectivity index (χ1) is 15.7. The Morgan fingerprint density at radius 2 is 1.91 bits per heavy atom. The largest absolute Gasteiger partial charge is 0.495 e. The molecule has 2 aromatic heterocycles. The molecule has 1 aromatic carbocycles. The minimum Gasteiger partial charge on any atom is -0.495 e. The Labute approximate surface area is 194 Å². The van der Waals surface area contributed by atoms with Crippen LogP contribution in [-0.2, 0) is 21.4 Å². The number of rotatable bonds is 6. The molecule has 0 spiro atoms. The first kappa shape index (κ1) is 23.3. The number of carbonyl (C=O) groups is 1. The fraction of sp³-hybridized carbons (Fsp3) is 0.417. The number of nitrogens with zero attached hydrogens (tertiary/aromatic N) is 3. The molecule has 4 rings (SSSR count). The van der Waals surface area contributed by atoms with Crippen molar-refractivity contribution >= 4 is 21.6 Å². The summed E-state index contributed by atoms with van der Waals surface area (Å²) < 4.78 is 41.0. The SMILES string of the molecule is COc1ccc(C(=O)OCc2cn3cccc(C)c3n2)cc1S(=O)(=O)N1CC(C)CC(C)C1. The zero-order chi connectivity index (χ0) is 23.8. The van der Waals surface area contributed by atoms with Crippen molar-refractivity contribution in [3.05, 3.63) is 59.5 Å². The molecule has 8 nitrogen and oxygen atoms in total. The van der Waals surface area contributed by atoms with Crippen LogP contribution >= 0.6 is 0 Å². The molecular formula is C24H29N3O5S. The van der Waals surface area contributed by atoms with Gasteiger partial charge in [0.05, 0.1) is 18.4 Å². The Morgan fingerprint density at radius 3 is 2.58 bits per heavy atom. The zero-order valence-corrected chi connectivity index (χ0v) is 20.1. The summed E-state index contributed by atoms with van der Waals surface area (Å²) in [6.45, 7) is 6.92. The highest BCUT2D eigenvalue weighted by Gasteiger charge is 2.34. The minimum absolute atomic E-state index is 0.0186. The lowest BCUT2D eigenvalue weighted by Gasteiger charge is -2.34. The second-order valence-electron chi connectivity index (χ2n) is 8.86. The Kier molecular flexibility index (Phi) is 6.45. The van der Waals surface area contributed by atoms with Gasteiger partial charge in [0.25, 0.3) is 0 Å². The predicted octanol–water partition coefficient (Wildman–Crippen LogP) is 3.67. The quantitative estimate of drug-likeness (QED) is 0.510. The third-order valence-corrected chi connectivity index (χ3v) is 7.78. The third kappa shape index (κ3) is 4.74. The molecule has 2 unspecified atom stereocenters. The number of sulfonamides is 1. The van der Waals surface area contributed by atoms with E-state index in [1.54, 1.807) is 6.20 Å². The lowest BCUT2D eigenvalue weighted by molar-refractivity contribution is 0.0468. The number of pyridine rings is 1. The number of piperidine rings is 1. The monoisotopic (exact) mass is 471 g/mol. The van der Waals surface area contributed by atoms with Crippen molar-refractivity contribution in [2.24, 2.45) is 11.8 Å². The molecule has 0 saturated carbocycles. The van der Waals surface area contributed by atoms with Gasteiger partial charge in [0, 0.05) is 25.5 Å². The van der Waals surface area contributed by atoms with E-state index in [1.165, 1.54) is 29.6 Å². The zero-order valence-electron chi connectivity index (χ0n) is 19.3. The average Bonchev–Trinajstić information content (AvgIpc) is 3.21. The summed E-state index contributed by atoms with van der Waals surface area (Å²) in [5.74, 6) is 0.102. The Morgan fingerprint density at radius 1 is 1.18 bits per heavy atom. The van der Waals surface area contributed by atoms with Crippen LogP contribution in [0.5, 0.6) is 5.75 Å². The fourth-order valence-electron chi connectivity index (χ4n) is 4.44. The molecule has 1 aliphatic rings. The van der Waals surface area contributed by atoms with Crippen molar-refractivity contribution in [3.8, 4) is 5.75 Å². The molecule has 0 N–H and O–H groups in total. The Hall–Kier alpha value is -2.91. The van der Waals surface area contributed by atoms with Crippen LogP contribution in [0, 0.1) is 18.8 Å². The second-order valence-corrected chi connectivity index (χ2v) is 10.8. The predicted molar refractivity (Wildman–Crippen MR) is 124 cm³/mol. The highest BCUT2D eigenvalue weighted by molar-refractivity contribution is 7.89. The normalized spacial score (nSPS) is 19.5. The van der Waals surface area contributed by atoms with Crippen molar-refractivity contribution in [2.75, 3.05) is 20.2 Å². The van der Waals surface area contributed by atoms with Crippen LogP contribution in [0.15, 0.2) is 47.6 Å². The standard InChI is InChI=1S/C24H29N3O5S/c1-16-10-17(2)13-27(12-16)33(29,30)22-11-19(7-8-21(22)31-4)24(28)32-15-20-14-26-9-5-6-18(3)23(26)25-20/h5-9,11,14,16-17H,10,12-13,15H2,1-4H3. The molecule has 1 aliphatic heterocycles. The molecule has 33 heavy (non-hydrogen) atoms. The van der Waals surface area contributed by atoms with Crippen LogP contribution in [0.2, 0.25) is 0 Å². The Balaban J connectivity index is 1.56. The second kappa shape index (κ2) is 9.15. The van der Waals surface area contributed by atoms with Gasteiger partial charge in [0.1, 0.15) is 22.9 Å². The highest BCUT2D eigenvalue weighted by Crippen LogP contribution is 2.32. The number of imidazole rings is 1. The highest BCUT2D eigenvalue weighted by atomic mass is 32.2. The summed E-state index contributed by atoms with van der Waals surface area (Å²) in [5.41, 5.74) is 2.57. The summed E-state index contributed by atoms with van der Waals surface area (Å²) in [5, 5.41) is 0. The molecule has 2 atom stereocenters. The molecule has 0 bridgehead atoms. The van der Waals surface area contributed by atoms with E-state index in [2.05, 4.69) is 4.98 Å². The molecule has 9 heteroatoms. The van der Waals surface area contributed by atoms with Crippen molar-refractivity contribution in [1.29, 1.82) is 0 Å². The van der Waals surface area contributed by atoms with Crippen LogP contribution in [-0.4, -0.2) is 48.3 Å². The number of ether oxygens (including phenoxy) is 2. The molecule has 3 aromatic rings. The van der Waals surface area contributed by atoms with Gasteiger partial charge in [-0.3, -0.25) is 0 Å². The lowest BCUT2D eigenvalue weighted by Crippen LogP contribution is -2.42. The maximum Gasteiger partial charge on any atom is 0.338 e. The van der Waals surface area contributed by atoms with Gasteiger partial charge in [-0.1, -0.05) is 19.9 Å². The van der Waals surface area contributed by atoms with Gasteiger partial charge < -0.3 is 13.9 Å². The summed E-state index contributed by atoms with van der Waals surface area (Å²) >= 11 is 0. The minimum atomic E-state index is -3.83. The van der Waals surface area contributed by atoms with E-state index in [4.69, 9.17) is 9.47 Å². The van der Waals surface area contributed by atoms with Gasteiger partial charge >= 0.3 is 5.97 Å². The van der Waals surface area contributed by atoms with Crippen LogP contribution in [0.4, 0.5) is 0 Å². The van der Waals surface area contributed by atoms with E-state index >= 15 is 0 Å². The number of esters is 1. The molecule has 0 amide bonds. The number of aromatic nitrogens is 2. The van der Waals surface area contributed by atoms with E-state index in [1.807, 2.05) is 43.5 Å². The van der Waals surface area contributed by atoms with Crippen LogP contribution in [0.1, 0.15) is 41.9 Å². The number of hydrogen-bond donors (Lipinski definition) is 0. The summed E-state index contributed by atoms with van der Waals surface area (Å²) in [6.07, 6.45) is 4.67. The van der Waals surface area contributed by atoms with Gasteiger partial charge in [0.15, 0.2) is 0 Å². The number of methoxy groups -OCH3 is 1. The van der Waals surface area contributed by atoms with E-state index in [0.29, 0.717) is 18.8 Å². The molecule has 0 aliphatic carbocycles. The van der Waals surface area contributed by atoms with Gasteiger partial charge in [-0.2, -0.15) is 4.31 Å². The lowest BCUT2D eigenvalue weighted by atomic mass is 9.94. The summed E-state index contributed by atoms with van der Waals surface area (Å²) in [6, 6.07) is 8.22. The van der Waals surface area contributed by atoms with Gasteiger partial charge in [0.2, 0.25) is 10.0 Å². The number of aryl methyl sites for hydroxylation is 1. The first-order valence-electron chi connectivity index (χ1n) is 11.0. The molecule has 176 valence electrons. The van der Waals surface area contributed by atoms with E-state index in [9.17, 15) is 13.2 Å². The number of fused-ring (bicyclic) bond motifs is 1. The topological polar surface area (TPSA) is 90.2 Å². The van der Waals surface area contributed by atoms with E-state index in [0.717, 1.165) is 17.6 Å². The first-order valence-corrected chi connectivity index (χ1v) is 12.4. The van der Waals surface area contributed by atoms with Gasteiger partial charge in [-0.25, -0.2) is 18.2 Å². The van der Waals surface area contributed by atoms with Crippen molar-refractivity contribution < 1.29 is 22.7 Å². The fourth-order valence-corrected chi connectivity index (χ4v) is 6.30. The summed E-state index contributed by atoms with van der Waals surface area (Å²) in [4.78, 5) is 17.2. The van der Waals surface area contributed by atoms with Crippen LogP contribution < -0.4 is 4.74 Å². The van der Waals surface area contributed by atoms with Crippen LogP contribution in [0.25, 0.3) is 5.65 Å². The molecule has 1 fully saturated rings. The van der Waals surface area contributed by atoms with Crippen molar-refractivity contribution in [2.45, 2.75) is 38.7 Å². The van der Waals surface area contributed by atoms with Gasteiger partial charge in [-0.15, -0.1) is 0 Å². The Bertz CT molecular complexity index is 1270. The van der Waals surface area contributed by atoms with Gasteiger partial charge in [-0.05, 0) is 55.0 Å². The smallest absolute Gasteiger partial charge is 0.338 e. The third-order valence-electron chi connectivity index (χ3n) is 5.93. The number of benzene rings is 1. The van der Waals surface area contributed by atoms with E-state index < -0.39 is 16.0 Å². The van der Waals surface area contributed by atoms with Crippen molar-refractivity contribution in [3.63, 3.8) is 0 Å². The molecule has 0 radical (unpaired) electrons. The van der Waals surface area contributed by atoms with Crippen molar-refractivity contribution in [1.82, 2.24) is 13.7 Å². The summed E-state index contributed by atoms with van der Waals surface area (Å²) in [7, 11) is -2.42. The number of carbonyl (C=O) groups excluding carboxylic acids is 1. The maximum absolute atomic E-state index is 13.4. The van der Waals surface area contributed by atoms with E-state index in [-0.39, 0.29) is 34.7 Å². The maximum atomic E-state index is 13.4. The molecule has 1 saturated heterocycles. The number of hydrogen-bond acceptors (Lipinski definition) is 6. The average molecular weight is 472 g/mol. The molecule has 3 heterocycles.